The van der Waals surface area contributed by atoms with Crippen molar-refractivity contribution in [3.8, 4) is 0 Å². The van der Waals surface area contributed by atoms with Crippen molar-refractivity contribution >= 4 is 22.9 Å². The number of hydrogen-bond donors (Lipinski definition) is 1. The van der Waals surface area contributed by atoms with Crippen LogP contribution in [-0.2, 0) is 4.74 Å². The summed E-state index contributed by atoms with van der Waals surface area (Å²) in [6, 6.07) is 5.92. The molecule has 0 radical (unpaired) electrons. The molecule has 1 fully saturated rings. The summed E-state index contributed by atoms with van der Waals surface area (Å²) in [5, 5.41) is 3.66. The van der Waals surface area contributed by atoms with Gasteiger partial charge in [-0.15, -0.1) is 0 Å². The van der Waals surface area contributed by atoms with Crippen LogP contribution in [0.2, 0.25) is 0 Å². The van der Waals surface area contributed by atoms with E-state index < -0.39 is 5.60 Å². The van der Waals surface area contributed by atoms with Crippen LogP contribution in [0.5, 0.6) is 0 Å². The Bertz CT molecular complexity index is 894. The molecule has 2 heterocycles. The number of likely N-dealkylation sites (tertiary alicyclic amines) is 1. The molecule has 0 atom stereocenters. The second-order valence-corrected chi connectivity index (χ2v) is 8.19. The van der Waals surface area contributed by atoms with Gasteiger partial charge in [-0.25, -0.2) is 9.18 Å². The predicted molar refractivity (Wildman–Crippen MR) is 105 cm³/mol. The molecule has 1 aliphatic heterocycles. The number of rotatable bonds is 2. The summed E-state index contributed by atoms with van der Waals surface area (Å²) >= 11 is 0. The highest BCUT2D eigenvalue weighted by Gasteiger charge is 2.28. The summed E-state index contributed by atoms with van der Waals surface area (Å²) in [7, 11) is 0. The van der Waals surface area contributed by atoms with Crippen molar-refractivity contribution in [2.75, 3.05) is 13.1 Å². The molecule has 150 valence electrons. The fourth-order valence-corrected chi connectivity index (χ4v) is 3.32. The summed E-state index contributed by atoms with van der Waals surface area (Å²) in [4.78, 5) is 31.0. The summed E-state index contributed by atoms with van der Waals surface area (Å²) < 4.78 is 18.9. The van der Waals surface area contributed by atoms with E-state index in [2.05, 4.69) is 10.3 Å². The number of halogens is 1. The van der Waals surface area contributed by atoms with Crippen LogP contribution in [0.4, 0.5) is 9.18 Å². The average molecular weight is 387 g/mol. The lowest BCUT2D eigenvalue weighted by molar-refractivity contribution is 0.0199. The van der Waals surface area contributed by atoms with E-state index in [-0.39, 0.29) is 23.9 Å². The molecule has 0 saturated carbocycles. The lowest BCUT2D eigenvalue weighted by Crippen LogP contribution is -2.47. The van der Waals surface area contributed by atoms with E-state index in [4.69, 9.17) is 4.74 Å². The number of ether oxygens (including phenoxy) is 1. The Hall–Kier alpha value is -2.70. The topological polar surface area (TPSA) is 71.5 Å². The van der Waals surface area contributed by atoms with Gasteiger partial charge in [0.1, 0.15) is 11.4 Å². The van der Waals surface area contributed by atoms with Crippen molar-refractivity contribution in [2.45, 2.75) is 52.2 Å². The van der Waals surface area contributed by atoms with Crippen LogP contribution in [-0.4, -0.2) is 46.6 Å². The Kier molecular flexibility index (Phi) is 5.54. The number of carbonyl (C=O) groups excluding carboxylic acids is 2. The number of nitrogens with zero attached hydrogens (tertiary/aromatic N) is 2. The van der Waals surface area contributed by atoms with E-state index in [1.165, 1.54) is 12.1 Å². The standard InChI is InChI=1S/C21H26FN3O3/c1-13-11-17(16-6-5-14(22)12-18(16)23-13)19(26)24-15-7-9-25(10-8-15)20(27)28-21(2,3)4/h5-6,11-12,15H,7-10H2,1-4H3,(H,24,26). The van der Waals surface area contributed by atoms with E-state index in [0.717, 1.165) is 0 Å². The monoisotopic (exact) mass is 387 g/mol. The van der Waals surface area contributed by atoms with Crippen LogP contribution in [0.15, 0.2) is 24.3 Å². The highest BCUT2D eigenvalue weighted by Crippen LogP contribution is 2.21. The molecule has 0 spiro atoms. The molecular formula is C21H26FN3O3. The summed E-state index contributed by atoms with van der Waals surface area (Å²) in [5.74, 6) is -0.593. The molecule has 0 bridgehead atoms. The maximum atomic E-state index is 13.5. The number of benzene rings is 1. The van der Waals surface area contributed by atoms with Crippen LogP contribution in [0.1, 0.15) is 49.7 Å². The van der Waals surface area contributed by atoms with Gasteiger partial charge >= 0.3 is 6.09 Å². The van der Waals surface area contributed by atoms with Crippen molar-refractivity contribution < 1.29 is 18.7 Å². The van der Waals surface area contributed by atoms with Gasteiger partial charge in [0.05, 0.1) is 11.1 Å². The number of pyridine rings is 1. The summed E-state index contributed by atoms with van der Waals surface area (Å²) in [5.41, 5.74) is 1.08. The number of amides is 2. The first-order valence-electron chi connectivity index (χ1n) is 9.48. The Labute approximate surface area is 164 Å². The highest BCUT2D eigenvalue weighted by atomic mass is 19.1. The van der Waals surface area contributed by atoms with Crippen molar-refractivity contribution in [1.29, 1.82) is 0 Å². The van der Waals surface area contributed by atoms with E-state index >= 15 is 0 Å². The van der Waals surface area contributed by atoms with E-state index in [0.29, 0.717) is 48.1 Å². The van der Waals surface area contributed by atoms with Gasteiger partial charge in [-0.1, -0.05) is 0 Å². The van der Waals surface area contributed by atoms with Crippen LogP contribution in [0.25, 0.3) is 10.9 Å². The molecule has 2 amide bonds. The third-order valence-corrected chi connectivity index (χ3v) is 4.63. The zero-order chi connectivity index (χ0) is 20.5. The Morgan fingerprint density at radius 2 is 1.89 bits per heavy atom. The Morgan fingerprint density at radius 3 is 2.54 bits per heavy atom. The molecular weight excluding hydrogens is 361 g/mol. The Balaban J connectivity index is 1.65. The van der Waals surface area contributed by atoms with Crippen molar-refractivity contribution in [3.63, 3.8) is 0 Å². The molecule has 7 heteroatoms. The molecule has 0 unspecified atom stereocenters. The molecule has 0 aliphatic carbocycles. The van der Waals surface area contributed by atoms with Crippen molar-refractivity contribution in [1.82, 2.24) is 15.2 Å². The SMILES string of the molecule is Cc1cc(C(=O)NC2CCN(C(=O)OC(C)(C)C)CC2)c2ccc(F)cc2n1. The fraction of sp³-hybridized carbons (Fsp3) is 0.476. The van der Waals surface area contributed by atoms with Crippen LogP contribution < -0.4 is 5.32 Å². The lowest BCUT2D eigenvalue weighted by Gasteiger charge is -2.33. The minimum Gasteiger partial charge on any atom is -0.444 e. The number of aromatic nitrogens is 1. The third kappa shape index (κ3) is 4.77. The van der Waals surface area contributed by atoms with E-state index in [9.17, 15) is 14.0 Å². The smallest absolute Gasteiger partial charge is 0.410 e. The molecule has 28 heavy (non-hydrogen) atoms. The number of piperidine rings is 1. The number of aryl methyl sites for hydroxylation is 1. The van der Waals surface area contributed by atoms with Gasteiger partial charge in [0.15, 0.2) is 0 Å². The van der Waals surface area contributed by atoms with Crippen molar-refractivity contribution in [3.05, 3.63) is 41.3 Å². The molecule has 1 aliphatic rings. The molecule has 2 aromatic rings. The molecule has 3 rings (SSSR count). The second kappa shape index (κ2) is 7.73. The van der Waals surface area contributed by atoms with Crippen LogP contribution >= 0.6 is 0 Å². The average Bonchev–Trinajstić information content (AvgIpc) is 2.59. The Morgan fingerprint density at radius 1 is 1.21 bits per heavy atom. The van der Waals surface area contributed by atoms with E-state index in [1.54, 1.807) is 24.0 Å². The quantitative estimate of drug-likeness (QED) is 0.851. The number of nitrogens with one attached hydrogen (secondary N) is 1. The van der Waals surface area contributed by atoms with Crippen LogP contribution in [0, 0.1) is 12.7 Å². The van der Waals surface area contributed by atoms with Gasteiger partial charge in [0.2, 0.25) is 0 Å². The van der Waals surface area contributed by atoms with Crippen LogP contribution in [0.3, 0.4) is 0 Å². The van der Waals surface area contributed by atoms with Gasteiger partial charge < -0.3 is 15.0 Å². The van der Waals surface area contributed by atoms with Crippen molar-refractivity contribution in [2.24, 2.45) is 0 Å². The van der Waals surface area contributed by atoms with Gasteiger partial charge in [-0.05, 0) is 58.7 Å². The number of fused-ring (bicyclic) bond motifs is 1. The molecule has 1 saturated heterocycles. The van der Waals surface area contributed by atoms with Gasteiger partial charge in [-0.3, -0.25) is 9.78 Å². The van der Waals surface area contributed by atoms with Gasteiger partial charge in [0.25, 0.3) is 5.91 Å². The van der Waals surface area contributed by atoms with Gasteiger partial charge in [-0.2, -0.15) is 0 Å². The highest BCUT2D eigenvalue weighted by molar-refractivity contribution is 6.06. The zero-order valence-corrected chi connectivity index (χ0v) is 16.7. The minimum atomic E-state index is -0.526. The van der Waals surface area contributed by atoms with Gasteiger partial charge in [0, 0.05) is 36.3 Å². The summed E-state index contributed by atoms with van der Waals surface area (Å²) in [6.07, 6.45) is 0.985. The summed E-state index contributed by atoms with van der Waals surface area (Å²) in [6.45, 7) is 8.35. The maximum Gasteiger partial charge on any atom is 0.410 e. The lowest BCUT2D eigenvalue weighted by atomic mass is 10.0. The fourth-order valence-electron chi connectivity index (χ4n) is 3.32. The normalized spacial score (nSPS) is 15.5. The second-order valence-electron chi connectivity index (χ2n) is 8.19. The number of carbonyl (C=O) groups is 2. The predicted octanol–water partition coefficient (Wildman–Crippen LogP) is 3.81. The first-order valence-corrected chi connectivity index (χ1v) is 9.48. The molecule has 1 N–H and O–H groups in total. The maximum absolute atomic E-state index is 13.5. The largest absolute Gasteiger partial charge is 0.444 e. The zero-order valence-electron chi connectivity index (χ0n) is 16.7. The van der Waals surface area contributed by atoms with E-state index in [1.807, 2.05) is 20.8 Å². The third-order valence-electron chi connectivity index (χ3n) is 4.63. The molecule has 1 aromatic carbocycles. The number of hydrogen-bond acceptors (Lipinski definition) is 4. The minimum absolute atomic E-state index is 0.0323. The first-order chi connectivity index (χ1) is 13.1. The molecule has 6 nitrogen and oxygen atoms in total. The molecule has 1 aromatic heterocycles. The first kappa shape index (κ1) is 20.0.